The van der Waals surface area contributed by atoms with Crippen LogP contribution in [-0.2, 0) is 0 Å². The van der Waals surface area contributed by atoms with Gasteiger partial charge in [-0.3, -0.25) is 15.1 Å². The van der Waals surface area contributed by atoms with Crippen LogP contribution in [0.4, 0.5) is 11.4 Å². The minimum absolute atomic E-state index is 0.0274. The van der Waals surface area contributed by atoms with Crippen molar-refractivity contribution in [3.63, 3.8) is 0 Å². The molecule has 6 heteroatoms. The lowest BCUT2D eigenvalue weighted by atomic mass is 10.2. The van der Waals surface area contributed by atoms with Gasteiger partial charge in [-0.15, -0.1) is 0 Å². The number of nitro groups is 1. The van der Waals surface area contributed by atoms with Crippen LogP contribution >= 0.6 is 0 Å². The van der Waals surface area contributed by atoms with Gasteiger partial charge < -0.3 is 5.73 Å². The second-order valence-corrected chi connectivity index (χ2v) is 2.51. The number of hydrogen-bond donors (Lipinski definition) is 1. The molecule has 0 aliphatic heterocycles. The highest BCUT2D eigenvalue weighted by atomic mass is 16.6. The summed E-state index contributed by atoms with van der Waals surface area (Å²) in [5, 5.41) is 18.7. The highest BCUT2D eigenvalue weighted by Crippen LogP contribution is 2.22. The SMILES string of the molecule is N#CCC#Cc1cncc([N+](=O)[O-])c1N. The predicted molar refractivity (Wildman–Crippen MR) is 52.4 cm³/mol. The standard InChI is InChI=1S/C9H6N4O2/c10-4-2-1-3-7-5-12-6-8(9(7)11)13(14)15/h5-6H,2H2,(H2,11,12). The van der Waals surface area contributed by atoms with Gasteiger partial charge in [-0.1, -0.05) is 11.8 Å². The summed E-state index contributed by atoms with van der Waals surface area (Å²) in [7, 11) is 0. The van der Waals surface area contributed by atoms with E-state index < -0.39 is 4.92 Å². The Morgan fingerprint density at radius 1 is 1.60 bits per heavy atom. The van der Waals surface area contributed by atoms with Crippen LogP contribution in [0.1, 0.15) is 12.0 Å². The zero-order valence-electron chi connectivity index (χ0n) is 7.60. The Morgan fingerprint density at radius 3 is 2.93 bits per heavy atom. The van der Waals surface area contributed by atoms with Crippen molar-refractivity contribution < 1.29 is 4.92 Å². The van der Waals surface area contributed by atoms with Crippen LogP contribution in [0.2, 0.25) is 0 Å². The first kappa shape index (κ1) is 10.5. The van der Waals surface area contributed by atoms with E-state index in [2.05, 4.69) is 16.8 Å². The third kappa shape index (κ3) is 2.42. The molecule has 0 aliphatic rings. The Kier molecular flexibility index (Phi) is 3.20. The van der Waals surface area contributed by atoms with Crippen molar-refractivity contribution in [1.29, 1.82) is 5.26 Å². The van der Waals surface area contributed by atoms with Crippen molar-refractivity contribution >= 4 is 11.4 Å². The van der Waals surface area contributed by atoms with E-state index in [1.807, 2.05) is 6.07 Å². The number of pyridine rings is 1. The largest absolute Gasteiger partial charge is 0.392 e. The van der Waals surface area contributed by atoms with Crippen LogP contribution in [0, 0.1) is 33.3 Å². The first-order valence-electron chi connectivity index (χ1n) is 3.90. The van der Waals surface area contributed by atoms with E-state index >= 15 is 0 Å². The minimum atomic E-state index is -0.627. The molecule has 0 saturated carbocycles. The van der Waals surface area contributed by atoms with Crippen molar-refractivity contribution in [1.82, 2.24) is 4.98 Å². The average molecular weight is 202 g/mol. The molecule has 6 nitrogen and oxygen atoms in total. The molecule has 0 fully saturated rings. The number of nitriles is 1. The van der Waals surface area contributed by atoms with Crippen molar-refractivity contribution in [2.45, 2.75) is 6.42 Å². The zero-order valence-corrected chi connectivity index (χ0v) is 7.60. The minimum Gasteiger partial charge on any atom is -0.392 e. The quantitative estimate of drug-likeness (QED) is 0.412. The molecule has 1 aromatic heterocycles. The summed E-state index contributed by atoms with van der Waals surface area (Å²) in [5.41, 5.74) is 5.46. The van der Waals surface area contributed by atoms with E-state index in [0.29, 0.717) is 0 Å². The molecule has 2 N–H and O–H groups in total. The Labute approximate surface area is 85.5 Å². The molecule has 0 spiro atoms. The third-order valence-electron chi connectivity index (χ3n) is 1.55. The fraction of sp³-hybridized carbons (Fsp3) is 0.111. The molecule has 0 radical (unpaired) electrons. The van der Waals surface area contributed by atoms with Crippen molar-refractivity contribution in [2.75, 3.05) is 5.73 Å². The van der Waals surface area contributed by atoms with E-state index in [1.165, 1.54) is 6.20 Å². The molecule has 0 amide bonds. The number of anilines is 1. The van der Waals surface area contributed by atoms with E-state index in [-0.39, 0.29) is 23.4 Å². The molecule has 1 heterocycles. The van der Waals surface area contributed by atoms with Gasteiger partial charge >= 0.3 is 5.69 Å². The molecular formula is C9H6N4O2. The first-order chi connectivity index (χ1) is 7.16. The topological polar surface area (TPSA) is 106 Å². The molecule has 0 saturated heterocycles. The summed E-state index contributed by atoms with van der Waals surface area (Å²) in [6.45, 7) is 0. The number of rotatable bonds is 1. The molecule has 0 aromatic carbocycles. The zero-order chi connectivity index (χ0) is 11.3. The summed E-state index contributed by atoms with van der Waals surface area (Å²) < 4.78 is 0. The van der Waals surface area contributed by atoms with Gasteiger partial charge in [-0.05, 0) is 0 Å². The van der Waals surface area contributed by atoms with Gasteiger partial charge in [0.1, 0.15) is 11.9 Å². The Balaban J connectivity index is 3.13. The van der Waals surface area contributed by atoms with Gasteiger partial charge in [0, 0.05) is 6.20 Å². The smallest absolute Gasteiger partial charge is 0.311 e. The normalized spacial score (nSPS) is 8.47. The van der Waals surface area contributed by atoms with Crippen LogP contribution in [0.5, 0.6) is 0 Å². The van der Waals surface area contributed by atoms with E-state index in [4.69, 9.17) is 11.0 Å². The Morgan fingerprint density at radius 2 is 2.33 bits per heavy atom. The van der Waals surface area contributed by atoms with Crippen LogP contribution in [0.3, 0.4) is 0 Å². The van der Waals surface area contributed by atoms with Crippen molar-refractivity contribution in [3.05, 3.63) is 28.1 Å². The average Bonchev–Trinajstić information content (AvgIpc) is 2.20. The lowest BCUT2D eigenvalue weighted by Gasteiger charge is -1.97. The van der Waals surface area contributed by atoms with Crippen LogP contribution < -0.4 is 5.73 Å². The Hall–Kier alpha value is -2.60. The lowest BCUT2D eigenvalue weighted by molar-refractivity contribution is -0.384. The summed E-state index contributed by atoms with van der Waals surface area (Å²) in [4.78, 5) is 13.5. The molecular weight excluding hydrogens is 196 g/mol. The maximum Gasteiger partial charge on any atom is 0.311 e. The molecule has 0 aliphatic carbocycles. The molecule has 15 heavy (non-hydrogen) atoms. The second-order valence-electron chi connectivity index (χ2n) is 2.51. The highest BCUT2D eigenvalue weighted by molar-refractivity contribution is 5.66. The second kappa shape index (κ2) is 4.58. The molecule has 1 rings (SSSR count). The number of aromatic nitrogens is 1. The first-order valence-corrected chi connectivity index (χ1v) is 3.90. The van der Waals surface area contributed by atoms with Crippen molar-refractivity contribution in [2.24, 2.45) is 0 Å². The van der Waals surface area contributed by atoms with Gasteiger partial charge in [0.15, 0.2) is 0 Å². The van der Waals surface area contributed by atoms with Gasteiger partial charge in [0.2, 0.25) is 0 Å². The molecule has 0 unspecified atom stereocenters. The molecule has 0 bridgehead atoms. The van der Waals surface area contributed by atoms with Gasteiger partial charge in [-0.2, -0.15) is 5.26 Å². The van der Waals surface area contributed by atoms with Crippen LogP contribution in [0.15, 0.2) is 12.4 Å². The summed E-state index contributed by atoms with van der Waals surface area (Å²) in [6.07, 6.45) is 2.43. The molecule has 74 valence electrons. The van der Waals surface area contributed by atoms with Crippen LogP contribution in [-0.4, -0.2) is 9.91 Å². The summed E-state index contributed by atoms with van der Waals surface area (Å²) in [5.74, 6) is 5.05. The predicted octanol–water partition coefficient (Wildman–Crippen LogP) is 0.837. The maximum absolute atomic E-state index is 10.5. The van der Waals surface area contributed by atoms with Gasteiger partial charge in [0.05, 0.1) is 23.0 Å². The van der Waals surface area contributed by atoms with Crippen LogP contribution in [0.25, 0.3) is 0 Å². The van der Waals surface area contributed by atoms with Gasteiger partial charge in [0.25, 0.3) is 0 Å². The summed E-state index contributed by atoms with van der Waals surface area (Å²) >= 11 is 0. The van der Waals surface area contributed by atoms with Crippen molar-refractivity contribution in [3.8, 4) is 17.9 Å². The molecule has 0 atom stereocenters. The fourth-order valence-corrected chi connectivity index (χ4v) is 0.884. The maximum atomic E-state index is 10.5. The monoisotopic (exact) mass is 202 g/mol. The van der Waals surface area contributed by atoms with E-state index in [1.54, 1.807) is 0 Å². The number of nitrogen functional groups attached to an aromatic ring is 1. The van der Waals surface area contributed by atoms with E-state index in [9.17, 15) is 10.1 Å². The molecule has 1 aromatic rings. The fourth-order valence-electron chi connectivity index (χ4n) is 0.884. The van der Waals surface area contributed by atoms with Gasteiger partial charge in [-0.25, -0.2) is 0 Å². The lowest BCUT2D eigenvalue weighted by Crippen LogP contribution is -1.99. The number of nitrogens with two attached hydrogens (primary N) is 1. The van der Waals surface area contributed by atoms with E-state index in [0.717, 1.165) is 6.20 Å². The third-order valence-corrected chi connectivity index (χ3v) is 1.55. The summed E-state index contributed by atoms with van der Waals surface area (Å²) in [6, 6.07) is 1.83. The number of nitrogens with zero attached hydrogens (tertiary/aromatic N) is 3. The number of hydrogen-bond acceptors (Lipinski definition) is 5. The highest BCUT2D eigenvalue weighted by Gasteiger charge is 2.13. The Bertz CT molecular complexity index is 493.